The first-order chi connectivity index (χ1) is 9.65. The first-order valence-corrected chi connectivity index (χ1v) is 6.74. The van der Waals surface area contributed by atoms with Crippen LogP contribution in [0.5, 0.6) is 17.4 Å². The minimum atomic E-state index is 0.162. The summed E-state index contributed by atoms with van der Waals surface area (Å²) in [6.07, 6.45) is 1.65. The smallest absolute Gasteiger partial charge is 0.227 e. The van der Waals surface area contributed by atoms with Crippen molar-refractivity contribution in [3.63, 3.8) is 0 Å². The number of ether oxygens (including phenoxy) is 1. The van der Waals surface area contributed by atoms with E-state index < -0.39 is 0 Å². The molecule has 0 radical (unpaired) electrons. The Kier molecular flexibility index (Phi) is 3.20. The van der Waals surface area contributed by atoms with E-state index in [1.807, 2.05) is 24.3 Å². The van der Waals surface area contributed by atoms with E-state index in [4.69, 9.17) is 10.5 Å². The molecular formula is C15H11BrN2O2. The number of nitrogen functional groups attached to an aromatic ring is 1. The number of para-hydroxylation sites is 1. The van der Waals surface area contributed by atoms with Gasteiger partial charge in [0, 0.05) is 11.6 Å². The zero-order valence-electron chi connectivity index (χ0n) is 10.4. The lowest BCUT2D eigenvalue weighted by Crippen LogP contribution is -1.95. The Bertz CT molecular complexity index is 770. The molecule has 0 unspecified atom stereocenters. The van der Waals surface area contributed by atoms with Crippen molar-refractivity contribution in [2.45, 2.75) is 0 Å². The molecule has 1 heterocycles. The normalized spacial score (nSPS) is 10.7. The van der Waals surface area contributed by atoms with E-state index >= 15 is 0 Å². The Labute approximate surface area is 124 Å². The number of hydrogen-bond donors (Lipinski definition) is 2. The Morgan fingerprint density at radius 1 is 1.15 bits per heavy atom. The maximum Gasteiger partial charge on any atom is 0.227 e. The summed E-state index contributed by atoms with van der Waals surface area (Å²) >= 11 is 3.40. The highest BCUT2D eigenvalue weighted by molar-refractivity contribution is 9.10. The van der Waals surface area contributed by atoms with Gasteiger partial charge in [-0.3, -0.25) is 0 Å². The lowest BCUT2D eigenvalue weighted by molar-refractivity contribution is 0.465. The van der Waals surface area contributed by atoms with Crippen LogP contribution in [-0.2, 0) is 0 Å². The van der Waals surface area contributed by atoms with E-state index in [-0.39, 0.29) is 5.75 Å². The summed E-state index contributed by atoms with van der Waals surface area (Å²) in [6, 6.07) is 12.3. The molecule has 1 aromatic heterocycles. The number of aromatic nitrogens is 1. The van der Waals surface area contributed by atoms with Gasteiger partial charge in [-0.2, -0.15) is 0 Å². The van der Waals surface area contributed by atoms with Gasteiger partial charge >= 0.3 is 0 Å². The molecule has 0 aliphatic carbocycles. The maximum absolute atomic E-state index is 9.61. The largest absolute Gasteiger partial charge is 0.508 e. The molecule has 0 aliphatic heterocycles. The minimum Gasteiger partial charge on any atom is -0.508 e. The molecule has 2 aromatic carbocycles. The predicted molar refractivity (Wildman–Crippen MR) is 82.0 cm³/mol. The maximum atomic E-state index is 9.61. The lowest BCUT2D eigenvalue weighted by atomic mass is 10.1. The molecule has 0 atom stereocenters. The van der Waals surface area contributed by atoms with E-state index in [1.54, 1.807) is 24.4 Å². The van der Waals surface area contributed by atoms with E-state index in [1.165, 1.54) is 0 Å². The van der Waals surface area contributed by atoms with Crippen molar-refractivity contribution in [1.82, 2.24) is 4.98 Å². The van der Waals surface area contributed by atoms with Crippen LogP contribution in [-0.4, -0.2) is 10.1 Å². The summed E-state index contributed by atoms with van der Waals surface area (Å²) in [5.74, 6) is 1.07. The number of nitrogens with zero attached hydrogens (tertiary/aromatic N) is 1. The van der Waals surface area contributed by atoms with Crippen LogP contribution in [0.1, 0.15) is 0 Å². The van der Waals surface area contributed by atoms with Gasteiger partial charge < -0.3 is 15.6 Å². The lowest BCUT2D eigenvalue weighted by Gasteiger charge is -2.11. The van der Waals surface area contributed by atoms with Crippen molar-refractivity contribution in [3.8, 4) is 17.4 Å². The zero-order chi connectivity index (χ0) is 14.1. The van der Waals surface area contributed by atoms with Crippen molar-refractivity contribution in [1.29, 1.82) is 0 Å². The Balaban J connectivity index is 2.13. The summed E-state index contributed by atoms with van der Waals surface area (Å²) in [7, 11) is 0. The molecule has 0 spiro atoms. The Morgan fingerprint density at radius 3 is 2.80 bits per heavy atom. The molecule has 5 heteroatoms. The molecule has 0 amide bonds. The molecule has 100 valence electrons. The highest BCUT2D eigenvalue weighted by Gasteiger charge is 2.11. The van der Waals surface area contributed by atoms with Crippen molar-refractivity contribution < 1.29 is 9.84 Å². The third-order valence-corrected chi connectivity index (χ3v) is 3.53. The van der Waals surface area contributed by atoms with Gasteiger partial charge in [0.05, 0.1) is 10.2 Å². The number of rotatable bonds is 2. The Hall–Kier alpha value is -2.27. The van der Waals surface area contributed by atoms with E-state index in [2.05, 4.69) is 20.9 Å². The van der Waals surface area contributed by atoms with Gasteiger partial charge in [-0.1, -0.05) is 12.1 Å². The second kappa shape index (κ2) is 5.02. The fourth-order valence-electron chi connectivity index (χ4n) is 1.94. The first-order valence-electron chi connectivity index (χ1n) is 5.95. The van der Waals surface area contributed by atoms with Crippen LogP contribution in [0.15, 0.2) is 53.1 Å². The molecule has 0 aliphatic rings. The number of aromatic hydroxyl groups is 1. The molecule has 4 nitrogen and oxygen atoms in total. The summed E-state index contributed by atoms with van der Waals surface area (Å²) in [5, 5.41) is 11.3. The van der Waals surface area contributed by atoms with Gasteiger partial charge in [0.2, 0.25) is 5.88 Å². The third kappa shape index (κ3) is 2.28. The van der Waals surface area contributed by atoms with E-state index in [9.17, 15) is 5.11 Å². The predicted octanol–water partition coefficient (Wildman–Crippen LogP) is 4.08. The van der Waals surface area contributed by atoms with Gasteiger partial charge in [-0.25, -0.2) is 4.98 Å². The van der Waals surface area contributed by atoms with Gasteiger partial charge in [0.15, 0.2) is 5.75 Å². The average Bonchev–Trinajstić information content (AvgIpc) is 2.43. The summed E-state index contributed by atoms with van der Waals surface area (Å²) < 4.78 is 6.56. The summed E-state index contributed by atoms with van der Waals surface area (Å²) in [5.41, 5.74) is 6.42. The van der Waals surface area contributed by atoms with Crippen LogP contribution in [0.25, 0.3) is 10.8 Å². The number of hydrogen-bond acceptors (Lipinski definition) is 4. The van der Waals surface area contributed by atoms with Gasteiger partial charge in [-0.05, 0) is 51.6 Å². The van der Waals surface area contributed by atoms with Crippen LogP contribution in [0.4, 0.5) is 5.69 Å². The molecule has 0 fully saturated rings. The quantitative estimate of drug-likeness (QED) is 0.695. The zero-order valence-corrected chi connectivity index (χ0v) is 12.0. The van der Waals surface area contributed by atoms with Crippen molar-refractivity contribution in [2.75, 3.05) is 5.73 Å². The number of nitrogens with two attached hydrogens (primary N) is 1. The number of anilines is 1. The molecule has 0 bridgehead atoms. The standard InChI is InChI=1S/C15H11BrN2O2/c16-12-2-1-3-13(17)14(12)20-15-11-8-10(19)5-4-9(11)6-7-18-15/h1-8,19H,17H2. The number of fused-ring (bicyclic) bond motifs is 1. The number of pyridine rings is 1. The second-order valence-electron chi connectivity index (χ2n) is 4.28. The van der Waals surface area contributed by atoms with E-state index in [0.717, 1.165) is 15.2 Å². The Morgan fingerprint density at radius 2 is 2.00 bits per heavy atom. The van der Waals surface area contributed by atoms with E-state index in [0.29, 0.717) is 17.3 Å². The number of phenols is 1. The topological polar surface area (TPSA) is 68.4 Å². The minimum absolute atomic E-state index is 0.162. The molecule has 0 saturated heterocycles. The second-order valence-corrected chi connectivity index (χ2v) is 5.14. The molecule has 0 saturated carbocycles. The van der Waals surface area contributed by atoms with Crippen LogP contribution < -0.4 is 10.5 Å². The molecule has 3 rings (SSSR count). The van der Waals surface area contributed by atoms with Crippen LogP contribution in [0.2, 0.25) is 0 Å². The number of halogens is 1. The van der Waals surface area contributed by atoms with Gasteiger partial charge in [0.1, 0.15) is 5.75 Å². The van der Waals surface area contributed by atoms with Crippen molar-refractivity contribution in [3.05, 3.63) is 53.1 Å². The van der Waals surface area contributed by atoms with Crippen LogP contribution >= 0.6 is 15.9 Å². The highest BCUT2D eigenvalue weighted by Crippen LogP contribution is 2.37. The van der Waals surface area contributed by atoms with Crippen LogP contribution in [0, 0.1) is 0 Å². The van der Waals surface area contributed by atoms with Crippen LogP contribution in [0.3, 0.4) is 0 Å². The molecule has 3 N–H and O–H groups in total. The monoisotopic (exact) mass is 330 g/mol. The SMILES string of the molecule is Nc1cccc(Br)c1Oc1nccc2ccc(O)cc12. The third-order valence-electron chi connectivity index (χ3n) is 2.91. The fraction of sp³-hybridized carbons (Fsp3) is 0. The molecule has 3 aromatic rings. The molecule has 20 heavy (non-hydrogen) atoms. The van der Waals surface area contributed by atoms with Crippen molar-refractivity contribution >= 4 is 32.4 Å². The average molecular weight is 331 g/mol. The van der Waals surface area contributed by atoms with Gasteiger partial charge in [0.25, 0.3) is 0 Å². The fourth-order valence-corrected chi connectivity index (χ4v) is 2.40. The number of benzene rings is 2. The van der Waals surface area contributed by atoms with Crippen molar-refractivity contribution in [2.24, 2.45) is 0 Å². The molecular weight excluding hydrogens is 320 g/mol. The first kappa shape index (κ1) is 12.7. The summed E-state index contributed by atoms with van der Waals surface area (Å²) in [6.45, 7) is 0. The highest BCUT2D eigenvalue weighted by atomic mass is 79.9. The number of phenolic OH excluding ortho intramolecular Hbond substituents is 1. The van der Waals surface area contributed by atoms with Gasteiger partial charge in [-0.15, -0.1) is 0 Å². The summed E-state index contributed by atoms with van der Waals surface area (Å²) in [4.78, 5) is 4.22.